The molecule has 2 aliphatic heterocycles. The molecule has 2 heterocycles. The molecule has 3 nitrogen and oxygen atoms in total. The molecule has 2 bridgehead atoms. The Morgan fingerprint density at radius 1 is 1.04 bits per heavy atom. The molecule has 4 rings (SSSR count). The van der Waals surface area contributed by atoms with Crippen LogP contribution >= 0.6 is 23.4 Å². The summed E-state index contributed by atoms with van der Waals surface area (Å²) in [6, 6.07) is 17.0. The number of hydrogen-bond donors (Lipinski definition) is 1. The zero-order chi connectivity index (χ0) is 17.9. The summed E-state index contributed by atoms with van der Waals surface area (Å²) in [6.45, 7) is 1.70. The lowest BCUT2D eigenvalue weighted by Crippen LogP contribution is -2.39. The average molecular weight is 387 g/mol. The van der Waals surface area contributed by atoms with Crippen molar-refractivity contribution >= 4 is 29.3 Å². The third-order valence-electron chi connectivity index (χ3n) is 5.23. The third-order valence-corrected chi connectivity index (χ3v) is 6.57. The second-order valence-electron chi connectivity index (χ2n) is 7.12. The van der Waals surface area contributed by atoms with Gasteiger partial charge in [-0.1, -0.05) is 23.7 Å². The van der Waals surface area contributed by atoms with Crippen LogP contribution in [0.25, 0.3) is 0 Å². The molecule has 0 aromatic heterocycles. The fourth-order valence-electron chi connectivity index (χ4n) is 3.75. The van der Waals surface area contributed by atoms with Crippen LogP contribution < -0.4 is 5.32 Å². The zero-order valence-electron chi connectivity index (χ0n) is 14.7. The van der Waals surface area contributed by atoms with Crippen LogP contribution in [0.15, 0.2) is 53.4 Å². The largest absolute Gasteiger partial charge is 0.337 e. The number of likely N-dealkylation sites (tertiary alicyclic amines) is 1. The van der Waals surface area contributed by atoms with Crippen LogP contribution in [0.3, 0.4) is 0 Å². The first-order valence-electron chi connectivity index (χ1n) is 9.20. The summed E-state index contributed by atoms with van der Waals surface area (Å²) in [5.74, 6) is 1.05. The fourth-order valence-corrected chi connectivity index (χ4v) is 4.73. The van der Waals surface area contributed by atoms with Crippen LogP contribution in [0, 0.1) is 0 Å². The van der Waals surface area contributed by atoms with Crippen molar-refractivity contribution in [1.82, 2.24) is 10.2 Å². The molecule has 26 heavy (non-hydrogen) atoms. The Balaban J connectivity index is 1.36. The highest BCUT2D eigenvalue weighted by Crippen LogP contribution is 2.25. The van der Waals surface area contributed by atoms with Gasteiger partial charge >= 0.3 is 0 Å². The van der Waals surface area contributed by atoms with Crippen LogP contribution in [0.1, 0.15) is 35.2 Å². The second-order valence-corrected chi connectivity index (χ2v) is 8.60. The third kappa shape index (κ3) is 4.25. The van der Waals surface area contributed by atoms with E-state index >= 15 is 0 Å². The van der Waals surface area contributed by atoms with Gasteiger partial charge in [0.15, 0.2) is 0 Å². The van der Waals surface area contributed by atoms with Gasteiger partial charge in [-0.25, -0.2) is 0 Å². The van der Waals surface area contributed by atoms with Gasteiger partial charge in [-0.15, -0.1) is 11.8 Å². The normalized spacial score (nSPS) is 22.3. The molecule has 0 radical (unpaired) electrons. The molecule has 136 valence electrons. The first-order chi connectivity index (χ1) is 12.7. The maximum atomic E-state index is 12.8. The Kier molecular flexibility index (Phi) is 5.53. The van der Waals surface area contributed by atoms with E-state index < -0.39 is 0 Å². The minimum atomic E-state index is 0.163. The molecule has 2 aromatic rings. The van der Waals surface area contributed by atoms with Crippen molar-refractivity contribution in [2.45, 2.75) is 42.0 Å². The smallest absolute Gasteiger partial charge is 0.253 e. The summed E-state index contributed by atoms with van der Waals surface area (Å²) in [5.41, 5.74) is 2.01. The number of carbonyl (C=O) groups excluding carboxylic acids is 1. The van der Waals surface area contributed by atoms with Crippen LogP contribution in [-0.2, 0) is 5.75 Å². The monoisotopic (exact) mass is 386 g/mol. The molecular weight excluding hydrogens is 364 g/mol. The van der Waals surface area contributed by atoms with E-state index in [0.29, 0.717) is 12.1 Å². The predicted molar refractivity (Wildman–Crippen MR) is 108 cm³/mol. The maximum absolute atomic E-state index is 12.8. The standard InChI is InChI=1S/C21H23ClN2OS/c22-17-5-9-20(10-6-17)26-14-15-1-3-16(4-2-15)21(25)24-12-11-18-7-8-19(13-24)23-18/h1-6,9-10,18-19,23H,7-8,11-14H2. The number of benzene rings is 2. The van der Waals surface area contributed by atoms with Crippen molar-refractivity contribution in [3.63, 3.8) is 0 Å². The minimum absolute atomic E-state index is 0.163. The Morgan fingerprint density at radius 2 is 1.77 bits per heavy atom. The Labute approximate surface area is 164 Å². The van der Waals surface area contributed by atoms with Gasteiger partial charge in [0.05, 0.1) is 0 Å². The molecule has 2 unspecified atom stereocenters. The van der Waals surface area contributed by atoms with E-state index in [1.807, 2.05) is 41.3 Å². The summed E-state index contributed by atoms with van der Waals surface area (Å²) in [5, 5.41) is 4.39. The summed E-state index contributed by atoms with van der Waals surface area (Å²) in [4.78, 5) is 16.0. The van der Waals surface area contributed by atoms with E-state index in [0.717, 1.165) is 35.8 Å². The Hall–Kier alpha value is -1.49. The molecule has 0 aliphatic carbocycles. The summed E-state index contributed by atoms with van der Waals surface area (Å²) in [7, 11) is 0. The number of nitrogens with zero attached hydrogens (tertiary/aromatic N) is 1. The highest BCUT2D eigenvalue weighted by molar-refractivity contribution is 7.98. The quantitative estimate of drug-likeness (QED) is 0.779. The van der Waals surface area contributed by atoms with E-state index in [1.165, 1.54) is 23.3 Å². The number of hydrogen-bond acceptors (Lipinski definition) is 3. The number of fused-ring (bicyclic) bond motifs is 2. The molecule has 2 saturated heterocycles. The lowest BCUT2D eigenvalue weighted by molar-refractivity contribution is 0.0748. The summed E-state index contributed by atoms with van der Waals surface area (Å²) < 4.78 is 0. The number of nitrogens with one attached hydrogen (secondary N) is 1. The minimum Gasteiger partial charge on any atom is -0.337 e. The van der Waals surface area contributed by atoms with Gasteiger partial charge in [0.2, 0.25) is 0 Å². The predicted octanol–water partition coefficient (Wildman–Crippen LogP) is 4.60. The molecular formula is C21H23ClN2OS. The Bertz CT molecular complexity index is 763. The molecule has 1 N–H and O–H groups in total. The highest BCUT2D eigenvalue weighted by atomic mass is 35.5. The summed E-state index contributed by atoms with van der Waals surface area (Å²) >= 11 is 7.69. The van der Waals surface area contributed by atoms with Gasteiger partial charge < -0.3 is 10.2 Å². The second kappa shape index (κ2) is 8.03. The number of rotatable bonds is 4. The number of halogens is 1. The Morgan fingerprint density at radius 3 is 2.54 bits per heavy atom. The molecule has 2 aliphatic rings. The van der Waals surface area contributed by atoms with Gasteiger partial charge in [-0.3, -0.25) is 4.79 Å². The SMILES string of the molecule is O=C(c1ccc(CSc2ccc(Cl)cc2)cc1)N1CCC2CCC(C1)N2. The van der Waals surface area contributed by atoms with Gasteiger partial charge in [0.25, 0.3) is 5.91 Å². The first kappa shape index (κ1) is 17.9. The van der Waals surface area contributed by atoms with Crippen molar-refractivity contribution in [2.24, 2.45) is 0 Å². The molecule has 2 aromatic carbocycles. The number of thioether (sulfide) groups is 1. The fraction of sp³-hybridized carbons (Fsp3) is 0.381. The molecule has 1 amide bonds. The number of amides is 1. The van der Waals surface area contributed by atoms with Crippen LogP contribution in [0.5, 0.6) is 0 Å². The van der Waals surface area contributed by atoms with Crippen molar-refractivity contribution in [3.05, 3.63) is 64.7 Å². The average Bonchev–Trinajstić information content (AvgIpc) is 3.00. The lowest BCUT2D eigenvalue weighted by atomic mass is 10.1. The van der Waals surface area contributed by atoms with E-state index in [2.05, 4.69) is 17.4 Å². The topological polar surface area (TPSA) is 32.3 Å². The lowest BCUT2D eigenvalue weighted by Gasteiger charge is -2.24. The van der Waals surface area contributed by atoms with Crippen LogP contribution in [-0.4, -0.2) is 36.0 Å². The van der Waals surface area contributed by atoms with Crippen molar-refractivity contribution < 1.29 is 4.79 Å². The number of carbonyl (C=O) groups is 1. The molecule has 2 fully saturated rings. The molecule has 5 heteroatoms. The molecule has 0 saturated carbocycles. The highest BCUT2D eigenvalue weighted by Gasteiger charge is 2.31. The van der Waals surface area contributed by atoms with Gasteiger partial charge in [-0.05, 0) is 61.2 Å². The van der Waals surface area contributed by atoms with Gasteiger partial charge in [-0.2, -0.15) is 0 Å². The van der Waals surface area contributed by atoms with E-state index in [-0.39, 0.29) is 5.91 Å². The maximum Gasteiger partial charge on any atom is 0.253 e. The first-order valence-corrected chi connectivity index (χ1v) is 10.6. The van der Waals surface area contributed by atoms with Crippen LogP contribution in [0.4, 0.5) is 0 Å². The molecule has 2 atom stereocenters. The van der Waals surface area contributed by atoms with Crippen molar-refractivity contribution in [3.8, 4) is 0 Å². The van der Waals surface area contributed by atoms with Gasteiger partial charge in [0, 0.05) is 46.4 Å². The molecule has 0 spiro atoms. The van der Waals surface area contributed by atoms with E-state index in [9.17, 15) is 4.79 Å². The van der Waals surface area contributed by atoms with Crippen molar-refractivity contribution in [1.29, 1.82) is 0 Å². The van der Waals surface area contributed by atoms with E-state index in [4.69, 9.17) is 11.6 Å². The zero-order valence-corrected chi connectivity index (χ0v) is 16.2. The van der Waals surface area contributed by atoms with E-state index in [1.54, 1.807) is 11.8 Å². The van der Waals surface area contributed by atoms with Crippen molar-refractivity contribution in [2.75, 3.05) is 13.1 Å². The summed E-state index contributed by atoms with van der Waals surface area (Å²) in [6.07, 6.45) is 3.51. The van der Waals surface area contributed by atoms with Crippen LogP contribution in [0.2, 0.25) is 5.02 Å². The van der Waals surface area contributed by atoms with Gasteiger partial charge in [0.1, 0.15) is 0 Å².